The molecule has 0 N–H and O–H groups in total. The standard InChI is InChI=1S/C46H31N/c1-2-12-32(13-3-1)35-16-10-18-38(29-35)47(39-19-11-17-36(30-39)37-25-24-33-14-4-5-15-34(33)28-37)40-26-27-45-43-22-7-6-20-41(43)42-21-8-9-23-44(42)46(45)31-40/h1-31H. The van der Waals surface area contributed by atoms with Gasteiger partial charge in [-0.05, 0) is 108 Å². The molecule has 0 atom stereocenters. The first-order valence-electron chi connectivity index (χ1n) is 16.2. The molecule has 0 fully saturated rings. The lowest BCUT2D eigenvalue weighted by Crippen LogP contribution is -2.10. The van der Waals surface area contributed by atoms with Crippen molar-refractivity contribution >= 4 is 60.2 Å². The van der Waals surface area contributed by atoms with Gasteiger partial charge < -0.3 is 4.90 Å². The second-order valence-corrected chi connectivity index (χ2v) is 12.2. The van der Waals surface area contributed by atoms with Gasteiger partial charge in [0.15, 0.2) is 0 Å². The number of benzene rings is 9. The molecule has 1 nitrogen and oxygen atoms in total. The summed E-state index contributed by atoms with van der Waals surface area (Å²) in [7, 11) is 0. The molecule has 0 aliphatic heterocycles. The summed E-state index contributed by atoms with van der Waals surface area (Å²) in [5.41, 5.74) is 8.15. The van der Waals surface area contributed by atoms with E-state index in [0.29, 0.717) is 0 Å². The Balaban J connectivity index is 1.27. The molecule has 9 aromatic carbocycles. The van der Waals surface area contributed by atoms with E-state index in [-0.39, 0.29) is 0 Å². The minimum atomic E-state index is 1.12. The summed E-state index contributed by atoms with van der Waals surface area (Å²) in [4.78, 5) is 2.40. The van der Waals surface area contributed by atoms with Gasteiger partial charge in [-0.2, -0.15) is 0 Å². The third kappa shape index (κ3) is 4.81. The van der Waals surface area contributed by atoms with E-state index in [1.165, 1.54) is 65.3 Å². The van der Waals surface area contributed by atoms with Crippen LogP contribution >= 0.6 is 0 Å². The molecule has 0 aliphatic rings. The van der Waals surface area contributed by atoms with Gasteiger partial charge in [0.05, 0.1) is 0 Å². The van der Waals surface area contributed by atoms with Crippen LogP contribution in [0, 0.1) is 0 Å². The lowest BCUT2D eigenvalue weighted by atomic mass is 9.94. The van der Waals surface area contributed by atoms with Crippen molar-refractivity contribution in [2.75, 3.05) is 4.90 Å². The molecule has 0 heterocycles. The van der Waals surface area contributed by atoms with Gasteiger partial charge in [0, 0.05) is 17.1 Å². The molecule has 9 aromatic rings. The van der Waals surface area contributed by atoms with Crippen molar-refractivity contribution in [2.24, 2.45) is 0 Å². The van der Waals surface area contributed by atoms with E-state index in [1.54, 1.807) is 0 Å². The minimum Gasteiger partial charge on any atom is -0.310 e. The predicted octanol–water partition coefficient (Wildman–Crippen LogP) is 13.1. The Morgan fingerprint density at radius 2 is 0.702 bits per heavy atom. The molecular weight excluding hydrogens is 567 g/mol. The average molecular weight is 598 g/mol. The molecule has 0 aromatic heterocycles. The van der Waals surface area contributed by atoms with Crippen molar-refractivity contribution in [1.29, 1.82) is 0 Å². The van der Waals surface area contributed by atoms with Gasteiger partial charge in [-0.25, -0.2) is 0 Å². The first-order valence-corrected chi connectivity index (χ1v) is 16.2. The van der Waals surface area contributed by atoms with Crippen molar-refractivity contribution in [3.8, 4) is 22.3 Å². The highest BCUT2D eigenvalue weighted by Crippen LogP contribution is 2.42. The van der Waals surface area contributed by atoms with E-state index in [0.717, 1.165) is 17.1 Å². The highest BCUT2D eigenvalue weighted by Gasteiger charge is 2.17. The van der Waals surface area contributed by atoms with Crippen LogP contribution in [0.3, 0.4) is 0 Å². The van der Waals surface area contributed by atoms with Gasteiger partial charge in [0.2, 0.25) is 0 Å². The topological polar surface area (TPSA) is 3.24 Å². The largest absolute Gasteiger partial charge is 0.310 e. The summed E-state index contributed by atoms with van der Waals surface area (Å²) in [6, 6.07) is 68.3. The smallest absolute Gasteiger partial charge is 0.0468 e. The van der Waals surface area contributed by atoms with Gasteiger partial charge in [-0.3, -0.25) is 0 Å². The molecule has 0 aliphatic carbocycles. The minimum absolute atomic E-state index is 1.12. The fourth-order valence-corrected chi connectivity index (χ4v) is 7.13. The number of hydrogen-bond acceptors (Lipinski definition) is 1. The van der Waals surface area contributed by atoms with E-state index in [2.05, 4.69) is 193 Å². The second-order valence-electron chi connectivity index (χ2n) is 12.2. The highest BCUT2D eigenvalue weighted by atomic mass is 15.1. The molecule has 220 valence electrons. The summed E-state index contributed by atoms with van der Waals surface area (Å²) in [6.07, 6.45) is 0. The monoisotopic (exact) mass is 597 g/mol. The maximum absolute atomic E-state index is 2.40. The van der Waals surface area contributed by atoms with Gasteiger partial charge in [0.1, 0.15) is 0 Å². The van der Waals surface area contributed by atoms with Crippen molar-refractivity contribution < 1.29 is 0 Å². The van der Waals surface area contributed by atoms with Gasteiger partial charge in [-0.15, -0.1) is 0 Å². The van der Waals surface area contributed by atoms with E-state index in [1.807, 2.05) is 0 Å². The summed E-state index contributed by atoms with van der Waals surface area (Å²) in [5, 5.41) is 10.1. The Kier molecular flexibility index (Phi) is 6.54. The van der Waals surface area contributed by atoms with Crippen LogP contribution in [0.2, 0.25) is 0 Å². The summed E-state index contributed by atoms with van der Waals surface area (Å²) in [5.74, 6) is 0. The maximum Gasteiger partial charge on any atom is 0.0468 e. The Morgan fingerprint density at radius 1 is 0.234 bits per heavy atom. The van der Waals surface area contributed by atoms with Crippen molar-refractivity contribution in [3.63, 3.8) is 0 Å². The fourth-order valence-electron chi connectivity index (χ4n) is 7.13. The quantitative estimate of drug-likeness (QED) is 0.178. The molecular formula is C46H31N. The van der Waals surface area contributed by atoms with Gasteiger partial charge in [0.25, 0.3) is 0 Å². The van der Waals surface area contributed by atoms with E-state index < -0.39 is 0 Å². The first kappa shape index (κ1) is 27.2. The van der Waals surface area contributed by atoms with Crippen LogP contribution in [0.1, 0.15) is 0 Å². The zero-order chi connectivity index (χ0) is 31.2. The molecule has 0 unspecified atom stereocenters. The number of rotatable bonds is 5. The van der Waals surface area contributed by atoms with Crippen LogP contribution in [0.4, 0.5) is 17.1 Å². The van der Waals surface area contributed by atoms with Crippen LogP contribution < -0.4 is 4.90 Å². The molecule has 0 amide bonds. The highest BCUT2D eigenvalue weighted by molar-refractivity contribution is 6.25. The van der Waals surface area contributed by atoms with Crippen molar-refractivity contribution in [3.05, 3.63) is 188 Å². The van der Waals surface area contributed by atoms with Crippen molar-refractivity contribution in [2.45, 2.75) is 0 Å². The Morgan fingerprint density at radius 3 is 1.36 bits per heavy atom. The van der Waals surface area contributed by atoms with Crippen molar-refractivity contribution in [1.82, 2.24) is 0 Å². The fraction of sp³-hybridized carbons (Fsp3) is 0. The zero-order valence-corrected chi connectivity index (χ0v) is 25.8. The number of anilines is 3. The van der Waals surface area contributed by atoms with E-state index >= 15 is 0 Å². The zero-order valence-electron chi connectivity index (χ0n) is 25.8. The molecule has 0 radical (unpaired) electrons. The average Bonchev–Trinajstić information content (AvgIpc) is 3.15. The number of nitrogens with zero attached hydrogens (tertiary/aromatic N) is 1. The van der Waals surface area contributed by atoms with Crippen LogP contribution in [0.5, 0.6) is 0 Å². The van der Waals surface area contributed by atoms with E-state index in [9.17, 15) is 0 Å². The molecule has 0 bridgehead atoms. The normalized spacial score (nSPS) is 11.4. The molecule has 0 spiro atoms. The lowest BCUT2D eigenvalue weighted by Gasteiger charge is -2.27. The predicted molar refractivity (Wildman–Crippen MR) is 202 cm³/mol. The van der Waals surface area contributed by atoms with Gasteiger partial charge in [-0.1, -0.05) is 146 Å². The summed E-state index contributed by atoms with van der Waals surface area (Å²) >= 11 is 0. The Labute approximate surface area is 274 Å². The second kappa shape index (κ2) is 11.3. The SMILES string of the molecule is c1ccc(-c2cccc(N(c3cccc(-c4ccc5ccccc5c4)c3)c3ccc4c5ccccc5c5ccccc5c4c3)c2)cc1. The molecule has 1 heteroatoms. The lowest BCUT2D eigenvalue weighted by molar-refractivity contribution is 1.29. The van der Waals surface area contributed by atoms with Crippen LogP contribution in [-0.2, 0) is 0 Å². The molecule has 47 heavy (non-hydrogen) atoms. The molecule has 9 rings (SSSR count). The Bertz CT molecular complexity index is 2550. The maximum atomic E-state index is 2.40. The number of fused-ring (bicyclic) bond motifs is 7. The van der Waals surface area contributed by atoms with E-state index in [4.69, 9.17) is 0 Å². The third-order valence-corrected chi connectivity index (χ3v) is 9.38. The van der Waals surface area contributed by atoms with Crippen LogP contribution in [-0.4, -0.2) is 0 Å². The van der Waals surface area contributed by atoms with Crippen LogP contribution in [0.25, 0.3) is 65.3 Å². The summed E-state index contributed by atoms with van der Waals surface area (Å²) < 4.78 is 0. The Hall–Kier alpha value is -6.18. The number of hydrogen-bond donors (Lipinski definition) is 0. The molecule has 0 saturated carbocycles. The first-order chi connectivity index (χ1) is 23.3. The third-order valence-electron chi connectivity index (χ3n) is 9.38. The van der Waals surface area contributed by atoms with Crippen LogP contribution in [0.15, 0.2) is 188 Å². The molecule has 0 saturated heterocycles. The summed E-state index contributed by atoms with van der Waals surface area (Å²) in [6.45, 7) is 0. The van der Waals surface area contributed by atoms with Gasteiger partial charge >= 0.3 is 0 Å².